The molecule has 4 nitrogen and oxygen atoms in total. The standard InChI is InChI=1S/C14H24ClN3O/c1-4-7-18-12(11(15)10-16-18)13(19)14(2,3)17-8-5-6-9-17/h10,13,19H,4-9H2,1-3H3. The lowest BCUT2D eigenvalue weighted by Gasteiger charge is -2.39. The molecule has 0 aromatic carbocycles. The lowest BCUT2D eigenvalue weighted by atomic mass is 9.92. The molecule has 19 heavy (non-hydrogen) atoms. The van der Waals surface area contributed by atoms with Crippen molar-refractivity contribution < 1.29 is 5.11 Å². The maximum Gasteiger partial charge on any atom is 0.115 e. The van der Waals surface area contributed by atoms with Gasteiger partial charge in [-0.15, -0.1) is 0 Å². The van der Waals surface area contributed by atoms with Crippen LogP contribution in [0, 0.1) is 0 Å². The van der Waals surface area contributed by atoms with Gasteiger partial charge in [-0.1, -0.05) is 18.5 Å². The fourth-order valence-electron chi connectivity index (χ4n) is 2.83. The Kier molecular flexibility index (Phi) is 4.54. The van der Waals surface area contributed by atoms with Crippen molar-refractivity contribution in [3.05, 3.63) is 16.9 Å². The minimum absolute atomic E-state index is 0.314. The van der Waals surface area contributed by atoms with E-state index in [9.17, 15) is 5.11 Å². The van der Waals surface area contributed by atoms with E-state index in [2.05, 4.69) is 30.8 Å². The van der Waals surface area contributed by atoms with Crippen LogP contribution in [0.15, 0.2) is 6.20 Å². The monoisotopic (exact) mass is 285 g/mol. The Morgan fingerprint density at radius 3 is 2.63 bits per heavy atom. The number of likely N-dealkylation sites (tertiary alicyclic amines) is 1. The number of rotatable bonds is 5. The van der Waals surface area contributed by atoms with Crippen molar-refractivity contribution in [2.75, 3.05) is 13.1 Å². The van der Waals surface area contributed by atoms with E-state index in [0.29, 0.717) is 5.02 Å². The van der Waals surface area contributed by atoms with Crippen LogP contribution in [0.5, 0.6) is 0 Å². The van der Waals surface area contributed by atoms with Gasteiger partial charge in [-0.3, -0.25) is 9.58 Å². The number of aromatic nitrogens is 2. The number of hydrogen-bond acceptors (Lipinski definition) is 3. The molecule has 0 aliphatic carbocycles. The fraction of sp³-hybridized carbons (Fsp3) is 0.786. The molecule has 1 aliphatic rings. The molecule has 108 valence electrons. The molecule has 0 spiro atoms. The van der Waals surface area contributed by atoms with Gasteiger partial charge in [0.2, 0.25) is 0 Å². The van der Waals surface area contributed by atoms with E-state index in [1.54, 1.807) is 6.20 Å². The summed E-state index contributed by atoms with van der Waals surface area (Å²) in [4.78, 5) is 2.34. The lowest BCUT2D eigenvalue weighted by Crippen LogP contribution is -2.47. The molecule has 1 aliphatic heterocycles. The van der Waals surface area contributed by atoms with Gasteiger partial charge in [-0.05, 0) is 46.2 Å². The average molecular weight is 286 g/mol. The van der Waals surface area contributed by atoms with E-state index in [0.717, 1.165) is 31.7 Å². The summed E-state index contributed by atoms with van der Waals surface area (Å²) in [5, 5.41) is 15.6. The van der Waals surface area contributed by atoms with E-state index >= 15 is 0 Å². The van der Waals surface area contributed by atoms with Gasteiger partial charge in [-0.2, -0.15) is 5.10 Å². The molecule has 1 aromatic heterocycles. The number of aliphatic hydroxyl groups is 1. The van der Waals surface area contributed by atoms with E-state index in [1.807, 2.05) is 4.68 Å². The van der Waals surface area contributed by atoms with Crippen LogP contribution < -0.4 is 0 Å². The third kappa shape index (κ3) is 2.81. The number of nitrogens with zero attached hydrogens (tertiary/aromatic N) is 3. The zero-order chi connectivity index (χ0) is 14.0. The normalized spacial score (nSPS) is 19.0. The summed E-state index contributed by atoms with van der Waals surface area (Å²) in [6.07, 6.45) is 4.40. The van der Waals surface area contributed by atoms with Crippen LogP contribution in [-0.4, -0.2) is 38.4 Å². The summed E-state index contributed by atoms with van der Waals surface area (Å²) in [6.45, 7) is 9.14. The maximum absolute atomic E-state index is 10.8. The quantitative estimate of drug-likeness (QED) is 0.904. The smallest absolute Gasteiger partial charge is 0.115 e. The van der Waals surface area contributed by atoms with Crippen molar-refractivity contribution in [3.8, 4) is 0 Å². The van der Waals surface area contributed by atoms with Crippen LogP contribution in [-0.2, 0) is 6.54 Å². The predicted molar refractivity (Wildman–Crippen MR) is 77.4 cm³/mol. The second-order valence-corrected chi connectivity index (χ2v) is 6.26. The van der Waals surface area contributed by atoms with Gasteiger partial charge in [0.1, 0.15) is 6.10 Å². The summed E-state index contributed by atoms with van der Waals surface area (Å²) in [6, 6.07) is 0. The number of aryl methyl sites for hydroxylation is 1. The minimum atomic E-state index is -0.618. The summed E-state index contributed by atoms with van der Waals surface area (Å²) in [5.41, 5.74) is 0.437. The molecule has 5 heteroatoms. The zero-order valence-corrected chi connectivity index (χ0v) is 12.8. The summed E-state index contributed by atoms with van der Waals surface area (Å²) >= 11 is 6.23. The SMILES string of the molecule is CCCn1ncc(Cl)c1C(O)C(C)(C)N1CCCC1. The molecule has 2 heterocycles. The topological polar surface area (TPSA) is 41.3 Å². The molecular weight excluding hydrogens is 262 g/mol. The van der Waals surface area contributed by atoms with Crippen molar-refractivity contribution in [3.63, 3.8) is 0 Å². The Hall–Kier alpha value is -0.580. The van der Waals surface area contributed by atoms with Gasteiger partial charge in [0.15, 0.2) is 0 Å². The Balaban J connectivity index is 2.27. The number of halogens is 1. The van der Waals surface area contributed by atoms with Crippen molar-refractivity contribution in [2.45, 2.75) is 58.2 Å². The molecule has 1 atom stereocenters. The fourth-order valence-corrected chi connectivity index (χ4v) is 3.08. The van der Waals surface area contributed by atoms with E-state index in [4.69, 9.17) is 11.6 Å². The zero-order valence-electron chi connectivity index (χ0n) is 12.1. The average Bonchev–Trinajstić information content (AvgIpc) is 2.99. The summed E-state index contributed by atoms with van der Waals surface area (Å²) in [5.74, 6) is 0. The minimum Gasteiger partial charge on any atom is -0.385 e. The Bertz CT molecular complexity index is 424. The van der Waals surface area contributed by atoms with Crippen LogP contribution in [0.4, 0.5) is 0 Å². The Labute approximate surface area is 120 Å². The summed E-state index contributed by atoms with van der Waals surface area (Å²) < 4.78 is 1.84. The second kappa shape index (κ2) is 5.81. The van der Waals surface area contributed by atoms with E-state index in [1.165, 1.54) is 12.8 Å². The highest BCUT2D eigenvalue weighted by Crippen LogP contribution is 2.36. The van der Waals surface area contributed by atoms with Gasteiger partial charge in [0.25, 0.3) is 0 Å². The van der Waals surface area contributed by atoms with Gasteiger partial charge in [-0.25, -0.2) is 0 Å². The molecule has 0 bridgehead atoms. The number of aliphatic hydroxyl groups excluding tert-OH is 1. The Morgan fingerprint density at radius 1 is 1.42 bits per heavy atom. The van der Waals surface area contributed by atoms with Crippen LogP contribution in [0.2, 0.25) is 5.02 Å². The molecule has 0 amide bonds. The first-order chi connectivity index (χ1) is 8.98. The molecule has 0 saturated carbocycles. The third-order valence-electron chi connectivity index (χ3n) is 4.12. The molecule has 1 N–H and O–H groups in total. The highest BCUT2D eigenvalue weighted by atomic mass is 35.5. The molecule has 1 unspecified atom stereocenters. The molecule has 0 radical (unpaired) electrons. The largest absolute Gasteiger partial charge is 0.385 e. The van der Waals surface area contributed by atoms with Crippen molar-refractivity contribution >= 4 is 11.6 Å². The van der Waals surface area contributed by atoms with E-state index < -0.39 is 6.10 Å². The molecule has 2 rings (SSSR count). The molecular formula is C14H24ClN3O. The van der Waals surface area contributed by atoms with Crippen molar-refractivity contribution in [1.29, 1.82) is 0 Å². The van der Waals surface area contributed by atoms with Crippen LogP contribution in [0.25, 0.3) is 0 Å². The third-order valence-corrected chi connectivity index (χ3v) is 4.41. The highest BCUT2D eigenvalue weighted by Gasteiger charge is 2.39. The van der Waals surface area contributed by atoms with Crippen LogP contribution in [0.3, 0.4) is 0 Å². The lowest BCUT2D eigenvalue weighted by molar-refractivity contribution is -0.00382. The molecule has 1 aromatic rings. The van der Waals surface area contributed by atoms with Gasteiger partial charge < -0.3 is 5.11 Å². The summed E-state index contributed by atoms with van der Waals surface area (Å²) in [7, 11) is 0. The van der Waals surface area contributed by atoms with Crippen LogP contribution in [0.1, 0.15) is 51.8 Å². The van der Waals surface area contributed by atoms with Crippen molar-refractivity contribution in [1.82, 2.24) is 14.7 Å². The Morgan fingerprint density at radius 2 is 2.05 bits per heavy atom. The van der Waals surface area contributed by atoms with Gasteiger partial charge in [0.05, 0.1) is 16.9 Å². The van der Waals surface area contributed by atoms with Crippen LogP contribution >= 0.6 is 11.6 Å². The molecule has 1 saturated heterocycles. The van der Waals surface area contributed by atoms with E-state index in [-0.39, 0.29) is 5.54 Å². The van der Waals surface area contributed by atoms with Gasteiger partial charge >= 0.3 is 0 Å². The predicted octanol–water partition coefficient (Wildman–Crippen LogP) is 2.85. The highest BCUT2D eigenvalue weighted by molar-refractivity contribution is 6.31. The second-order valence-electron chi connectivity index (χ2n) is 5.85. The van der Waals surface area contributed by atoms with Crippen molar-refractivity contribution in [2.24, 2.45) is 0 Å². The maximum atomic E-state index is 10.8. The first-order valence-corrected chi connectivity index (χ1v) is 7.50. The van der Waals surface area contributed by atoms with Gasteiger partial charge in [0, 0.05) is 12.1 Å². The first-order valence-electron chi connectivity index (χ1n) is 7.12. The first kappa shape index (κ1) is 14.8. The number of hydrogen-bond donors (Lipinski definition) is 1. The molecule has 1 fully saturated rings.